The first-order chi connectivity index (χ1) is 9.95. The summed E-state index contributed by atoms with van der Waals surface area (Å²) in [6, 6.07) is 2.21. The summed E-state index contributed by atoms with van der Waals surface area (Å²) in [5, 5.41) is 2.62. The van der Waals surface area contributed by atoms with Gasteiger partial charge in [0.2, 0.25) is 0 Å². The molecular weight excluding hydrogens is 320 g/mol. The van der Waals surface area contributed by atoms with E-state index in [4.69, 9.17) is 23.2 Å². The molecule has 0 aliphatic carbocycles. The van der Waals surface area contributed by atoms with Crippen LogP contribution in [0.2, 0.25) is 10.0 Å². The molecular formula is C14H16Cl2FNO3. The Morgan fingerprint density at radius 3 is 2.57 bits per heavy atom. The van der Waals surface area contributed by atoms with Gasteiger partial charge in [-0.3, -0.25) is 9.59 Å². The number of carbonyl (C=O) groups is 2. The molecule has 1 rings (SSSR count). The summed E-state index contributed by atoms with van der Waals surface area (Å²) in [4.78, 5) is 22.7. The molecule has 1 aromatic carbocycles. The van der Waals surface area contributed by atoms with Gasteiger partial charge in [-0.25, -0.2) is 4.39 Å². The van der Waals surface area contributed by atoms with Gasteiger partial charge in [-0.1, -0.05) is 29.6 Å². The minimum Gasteiger partial charge on any atom is -0.469 e. The van der Waals surface area contributed by atoms with Crippen molar-refractivity contribution < 1.29 is 18.7 Å². The predicted octanol–water partition coefficient (Wildman–Crippen LogP) is 3.60. The summed E-state index contributed by atoms with van der Waals surface area (Å²) >= 11 is 11.4. The number of esters is 1. The largest absolute Gasteiger partial charge is 0.469 e. The number of halogens is 3. The van der Waals surface area contributed by atoms with Gasteiger partial charge in [0.25, 0.3) is 5.91 Å². The van der Waals surface area contributed by atoms with Gasteiger partial charge in [0.05, 0.1) is 22.7 Å². The number of nitrogens with one attached hydrogen (secondary N) is 1. The number of unbranched alkanes of at least 4 members (excludes halogenated alkanes) is 2. The molecule has 21 heavy (non-hydrogen) atoms. The van der Waals surface area contributed by atoms with Crippen molar-refractivity contribution in [2.45, 2.75) is 25.7 Å². The van der Waals surface area contributed by atoms with Crippen LogP contribution in [0.1, 0.15) is 36.0 Å². The van der Waals surface area contributed by atoms with E-state index in [1.807, 2.05) is 0 Å². The Morgan fingerprint density at radius 1 is 1.19 bits per heavy atom. The number of amides is 1. The van der Waals surface area contributed by atoms with Crippen molar-refractivity contribution in [1.82, 2.24) is 5.32 Å². The van der Waals surface area contributed by atoms with Crippen LogP contribution >= 0.6 is 23.2 Å². The van der Waals surface area contributed by atoms with Crippen molar-refractivity contribution >= 4 is 35.1 Å². The molecule has 0 saturated heterocycles. The molecule has 1 N–H and O–H groups in total. The highest BCUT2D eigenvalue weighted by atomic mass is 35.5. The Morgan fingerprint density at radius 2 is 1.90 bits per heavy atom. The molecule has 4 nitrogen and oxygen atoms in total. The Hall–Kier alpha value is -1.33. The van der Waals surface area contributed by atoms with E-state index in [0.717, 1.165) is 12.5 Å². The monoisotopic (exact) mass is 335 g/mol. The smallest absolute Gasteiger partial charge is 0.305 e. The van der Waals surface area contributed by atoms with Crippen molar-refractivity contribution in [3.63, 3.8) is 0 Å². The summed E-state index contributed by atoms with van der Waals surface area (Å²) in [5.74, 6) is -1.39. The molecule has 0 atom stereocenters. The number of methoxy groups -OCH3 is 1. The van der Waals surface area contributed by atoms with E-state index in [2.05, 4.69) is 10.1 Å². The Kier molecular flexibility index (Phi) is 7.47. The molecule has 7 heteroatoms. The summed E-state index contributed by atoms with van der Waals surface area (Å²) in [6.07, 6.45) is 2.53. The SMILES string of the molecule is COC(=O)CCCCCNC(=O)c1cc(F)c(Cl)cc1Cl. The standard InChI is InChI=1S/C14H16Cl2FNO3/c1-21-13(19)5-3-2-4-6-18-14(20)9-7-12(17)11(16)8-10(9)15/h7-8H,2-6H2,1H3,(H,18,20). The van der Waals surface area contributed by atoms with E-state index in [1.54, 1.807) is 0 Å². The lowest BCUT2D eigenvalue weighted by atomic mass is 10.1. The number of hydrogen-bond donors (Lipinski definition) is 1. The van der Waals surface area contributed by atoms with Gasteiger partial charge in [-0.2, -0.15) is 0 Å². The lowest BCUT2D eigenvalue weighted by Crippen LogP contribution is -2.25. The lowest BCUT2D eigenvalue weighted by molar-refractivity contribution is -0.140. The van der Waals surface area contributed by atoms with Gasteiger partial charge in [-0.15, -0.1) is 0 Å². The van der Waals surface area contributed by atoms with Crippen LogP contribution < -0.4 is 5.32 Å². The molecule has 0 radical (unpaired) electrons. The Bertz CT molecular complexity index is 523. The second kappa shape index (κ2) is 8.85. The first-order valence-electron chi connectivity index (χ1n) is 6.45. The molecule has 0 saturated carbocycles. The predicted molar refractivity (Wildman–Crippen MR) is 79.2 cm³/mol. The van der Waals surface area contributed by atoms with Crippen LogP contribution in [0.25, 0.3) is 0 Å². The highest BCUT2D eigenvalue weighted by Gasteiger charge is 2.13. The van der Waals surface area contributed by atoms with Gasteiger partial charge >= 0.3 is 5.97 Å². The van der Waals surface area contributed by atoms with E-state index < -0.39 is 11.7 Å². The fraction of sp³-hybridized carbons (Fsp3) is 0.429. The molecule has 0 spiro atoms. The fourth-order valence-corrected chi connectivity index (χ4v) is 2.14. The van der Waals surface area contributed by atoms with Crippen LogP contribution in [0.5, 0.6) is 0 Å². The molecule has 0 fully saturated rings. The zero-order chi connectivity index (χ0) is 15.8. The van der Waals surface area contributed by atoms with Gasteiger partial charge in [-0.05, 0) is 25.0 Å². The van der Waals surface area contributed by atoms with Gasteiger partial charge in [0, 0.05) is 13.0 Å². The second-order valence-corrected chi connectivity index (χ2v) is 5.20. The average Bonchev–Trinajstić information content (AvgIpc) is 2.45. The molecule has 1 aromatic rings. The van der Waals surface area contributed by atoms with Crippen molar-refractivity contribution in [2.24, 2.45) is 0 Å². The van der Waals surface area contributed by atoms with E-state index in [-0.39, 0.29) is 21.6 Å². The van der Waals surface area contributed by atoms with Crippen LogP contribution in [-0.4, -0.2) is 25.5 Å². The van der Waals surface area contributed by atoms with Crippen LogP contribution in [0.3, 0.4) is 0 Å². The average molecular weight is 336 g/mol. The van der Waals surface area contributed by atoms with E-state index in [0.29, 0.717) is 25.8 Å². The number of carbonyl (C=O) groups excluding carboxylic acids is 2. The van der Waals surface area contributed by atoms with Gasteiger partial charge in [0.1, 0.15) is 5.82 Å². The number of hydrogen-bond acceptors (Lipinski definition) is 3. The minimum atomic E-state index is -0.690. The molecule has 0 heterocycles. The van der Waals surface area contributed by atoms with Gasteiger partial charge in [0.15, 0.2) is 0 Å². The zero-order valence-corrected chi connectivity index (χ0v) is 13.1. The first-order valence-corrected chi connectivity index (χ1v) is 7.21. The second-order valence-electron chi connectivity index (χ2n) is 4.39. The molecule has 0 unspecified atom stereocenters. The molecule has 0 aliphatic rings. The fourth-order valence-electron chi connectivity index (χ4n) is 1.67. The first kappa shape index (κ1) is 17.7. The third-order valence-electron chi connectivity index (χ3n) is 2.83. The maximum Gasteiger partial charge on any atom is 0.305 e. The maximum atomic E-state index is 13.3. The normalized spacial score (nSPS) is 10.3. The summed E-state index contributed by atoms with van der Waals surface area (Å²) in [7, 11) is 1.34. The summed E-state index contributed by atoms with van der Waals surface area (Å²) in [6.45, 7) is 0.417. The van der Waals surface area contributed by atoms with E-state index >= 15 is 0 Å². The highest BCUT2D eigenvalue weighted by Crippen LogP contribution is 2.24. The van der Waals surface area contributed by atoms with Crippen molar-refractivity contribution in [2.75, 3.05) is 13.7 Å². The quantitative estimate of drug-likeness (QED) is 0.470. The Balaban J connectivity index is 2.35. The van der Waals surface area contributed by atoms with Crippen molar-refractivity contribution in [3.8, 4) is 0 Å². The van der Waals surface area contributed by atoms with Crippen LogP contribution in [0.15, 0.2) is 12.1 Å². The number of ether oxygens (including phenoxy) is 1. The molecule has 1 amide bonds. The van der Waals surface area contributed by atoms with Crippen molar-refractivity contribution in [3.05, 3.63) is 33.6 Å². The summed E-state index contributed by atoms with van der Waals surface area (Å²) < 4.78 is 17.8. The highest BCUT2D eigenvalue weighted by molar-refractivity contribution is 6.36. The van der Waals surface area contributed by atoms with E-state index in [9.17, 15) is 14.0 Å². The minimum absolute atomic E-state index is 0.0492. The van der Waals surface area contributed by atoms with Crippen molar-refractivity contribution in [1.29, 1.82) is 0 Å². The summed E-state index contributed by atoms with van der Waals surface area (Å²) in [5.41, 5.74) is 0.0492. The lowest BCUT2D eigenvalue weighted by Gasteiger charge is -2.07. The maximum absolute atomic E-state index is 13.3. The topological polar surface area (TPSA) is 55.4 Å². The molecule has 0 aromatic heterocycles. The molecule has 0 aliphatic heterocycles. The third kappa shape index (κ3) is 5.89. The Labute approximate surface area is 132 Å². The van der Waals surface area contributed by atoms with Crippen LogP contribution in [0.4, 0.5) is 4.39 Å². The molecule has 0 bridgehead atoms. The third-order valence-corrected chi connectivity index (χ3v) is 3.43. The number of rotatable bonds is 7. The van der Waals surface area contributed by atoms with Crippen LogP contribution in [0, 0.1) is 5.82 Å². The number of benzene rings is 1. The van der Waals surface area contributed by atoms with Crippen LogP contribution in [-0.2, 0) is 9.53 Å². The van der Waals surface area contributed by atoms with E-state index in [1.165, 1.54) is 13.2 Å². The van der Waals surface area contributed by atoms with Gasteiger partial charge < -0.3 is 10.1 Å². The molecule has 116 valence electrons. The zero-order valence-electron chi connectivity index (χ0n) is 11.5.